The summed E-state index contributed by atoms with van der Waals surface area (Å²) in [5.74, 6) is 0.809. The summed E-state index contributed by atoms with van der Waals surface area (Å²) in [4.78, 5) is 10.3. The molecule has 0 amide bonds. The van der Waals surface area contributed by atoms with Crippen LogP contribution in [-0.2, 0) is 0 Å². The summed E-state index contributed by atoms with van der Waals surface area (Å²) < 4.78 is 5.53. The maximum Gasteiger partial charge on any atom is 0.290 e. The summed E-state index contributed by atoms with van der Waals surface area (Å²) >= 11 is 5.91. The van der Waals surface area contributed by atoms with Crippen LogP contribution in [0.4, 0.5) is 5.69 Å². The van der Waals surface area contributed by atoms with Crippen LogP contribution in [0.25, 0.3) is 0 Å². The van der Waals surface area contributed by atoms with Gasteiger partial charge in [-0.05, 0) is 42.8 Å². The summed E-state index contributed by atoms with van der Waals surface area (Å²) in [5, 5.41) is 20.3. The van der Waals surface area contributed by atoms with E-state index in [1.807, 2.05) is 6.92 Å². The van der Waals surface area contributed by atoms with Crippen molar-refractivity contribution in [2.24, 2.45) is 0 Å². The molecule has 0 atom stereocenters. The van der Waals surface area contributed by atoms with Crippen molar-refractivity contribution in [1.29, 1.82) is 5.26 Å². The number of nitrogens with zero attached hydrogens (tertiary/aromatic N) is 2. The molecule has 0 aromatic heterocycles. The lowest BCUT2D eigenvalue weighted by Crippen LogP contribution is -1.93. The molecule has 0 spiro atoms. The topological polar surface area (TPSA) is 76.2 Å². The minimum atomic E-state index is -0.613. The van der Waals surface area contributed by atoms with Crippen molar-refractivity contribution in [2.75, 3.05) is 0 Å². The van der Waals surface area contributed by atoms with Gasteiger partial charge in [0.15, 0.2) is 0 Å². The molecule has 0 bridgehead atoms. The molecule has 0 N–H and O–H groups in total. The smallest absolute Gasteiger partial charge is 0.290 e. The highest BCUT2D eigenvalue weighted by Gasteiger charge is 2.15. The Kier molecular flexibility index (Phi) is 3.87. The highest BCUT2D eigenvalue weighted by atomic mass is 35.5. The molecule has 0 aliphatic rings. The Balaban J connectivity index is 2.34. The molecule has 100 valence electrons. The van der Waals surface area contributed by atoms with Gasteiger partial charge < -0.3 is 4.74 Å². The molecule has 0 aliphatic heterocycles. The third-order valence-corrected chi connectivity index (χ3v) is 3.08. The van der Waals surface area contributed by atoms with Crippen LogP contribution in [0.5, 0.6) is 11.5 Å². The molecule has 5 nitrogen and oxygen atoms in total. The number of aryl methyl sites for hydroxylation is 1. The number of halogens is 1. The Hall–Kier alpha value is -2.58. The summed E-state index contributed by atoms with van der Waals surface area (Å²) in [5.41, 5.74) is 0.553. The molecule has 0 aliphatic carbocycles. The Morgan fingerprint density at radius 3 is 2.50 bits per heavy atom. The van der Waals surface area contributed by atoms with E-state index in [1.165, 1.54) is 18.2 Å². The molecule has 0 saturated carbocycles. The number of rotatable bonds is 3. The van der Waals surface area contributed by atoms with Crippen LogP contribution in [0.1, 0.15) is 11.1 Å². The lowest BCUT2D eigenvalue weighted by Gasteiger charge is -2.07. The summed E-state index contributed by atoms with van der Waals surface area (Å²) in [6.07, 6.45) is 0. The van der Waals surface area contributed by atoms with Gasteiger partial charge in [-0.1, -0.05) is 11.6 Å². The van der Waals surface area contributed by atoms with Gasteiger partial charge in [-0.15, -0.1) is 0 Å². The highest BCUT2D eigenvalue weighted by Crippen LogP contribution is 2.29. The first-order valence-electron chi connectivity index (χ1n) is 5.64. The molecule has 6 heteroatoms. The van der Waals surface area contributed by atoms with E-state index in [9.17, 15) is 10.1 Å². The Labute approximate surface area is 120 Å². The van der Waals surface area contributed by atoms with Gasteiger partial charge in [0.25, 0.3) is 5.69 Å². The summed E-state index contributed by atoms with van der Waals surface area (Å²) in [7, 11) is 0. The molecule has 2 rings (SSSR count). The van der Waals surface area contributed by atoms with Crippen molar-refractivity contribution in [1.82, 2.24) is 0 Å². The van der Waals surface area contributed by atoms with E-state index in [-0.39, 0.29) is 17.0 Å². The van der Waals surface area contributed by atoms with Gasteiger partial charge in [0.05, 0.1) is 11.0 Å². The van der Waals surface area contributed by atoms with Crippen molar-refractivity contribution < 1.29 is 9.66 Å². The van der Waals surface area contributed by atoms with Gasteiger partial charge in [0.1, 0.15) is 23.1 Å². The van der Waals surface area contributed by atoms with Crippen LogP contribution in [0.15, 0.2) is 36.4 Å². The molecular formula is C14H9ClN2O3. The van der Waals surface area contributed by atoms with Crippen LogP contribution < -0.4 is 4.74 Å². The first-order valence-corrected chi connectivity index (χ1v) is 6.01. The van der Waals surface area contributed by atoms with E-state index in [4.69, 9.17) is 21.6 Å². The molecule has 20 heavy (non-hydrogen) atoms. The van der Waals surface area contributed by atoms with Gasteiger partial charge in [0.2, 0.25) is 0 Å². The average Bonchev–Trinajstić information content (AvgIpc) is 2.43. The van der Waals surface area contributed by atoms with Crippen LogP contribution in [0, 0.1) is 28.4 Å². The SMILES string of the molecule is Cc1cc(Oc2ccc(C#N)c([N+](=O)[O-])c2)ccc1Cl. The zero-order valence-electron chi connectivity index (χ0n) is 10.5. The Morgan fingerprint density at radius 2 is 1.90 bits per heavy atom. The first kappa shape index (κ1) is 13.8. The van der Waals surface area contributed by atoms with E-state index < -0.39 is 4.92 Å². The van der Waals surface area contributed by atoms with Crippen molar-refractivity contribution >= 4 is 17.3 Å². The fourth-order valence-electron chi connectivity index (χ4n) is 1.64. The van der Waals surface area contributed by atoms with Crippen molar-refractivity contribution in [3.8, 4) is 17.6 Å². The predicted molar refractivity (Wildman–Crippen MR) is 74.1 cm³/mol. The molecule has 0 radical (unpaired) electrons. The van der Waals surface area contributed by atoms with Gasteiger partial charge in [-0.3, -0.25) is 10.1 Å². The van der Waals surface area contributed by atoms with Crippen molar-refractivity contribution in [3.63, 3.8) is 0 Å². The standard InChI is InChI=1S/C14H9ClN2O3/c1-9-6-11(4-5-13(9)15)20-12-3-2-10(8-16)14(7-12)17(18)19/h2-7H,1H3. The first-order chi connectivity index (χ1) is 9.51. The maximum atomic E-state index is 10.9. The number of hydrogen-bond donors (Lipinski definition) is 0. The normalized spacial score (nSPS) is 9.85. The molecular weight excluding hydrogens is 280 g/mol. The highest BCUT2D eigenvalue weighted by molar-refractivity contribution is 6.31. The predicted octanol–water partition coefficient (Wildman–Crippen LogP) is 4.22. The van der Waals surface area contributed by atoms with E-state index in [1.54, 1.807) is 24.3 Å². The second-order valence-electron chi connectivity index (χ2n) is 4.06. The maximum absolute atomic E-state index is 10.9. The van der Waals surface area contributed by atoms with E-state index >= 15 is 0 Å². The van der Waals surface area contributed by atoms with Gasteiger partial charge in [-0.2, -0.15) is 5.26 Å². The van der Waals surface area contributed by atoms with Crippen molar-refractivity contribution in [3.05, 3.63) is 62.7 Å². The minimum Gasteiger partial charge on any atom is -0.457 e. The monoisotopic (exact) mass is 288 g/mol. The zero-order valence-corrected chi connectivity index (χ0v) is 11.2. The molecule has 2 aromatic rings. The molecule has 0 fully saturated rings. The Morgan fingerprint density at radius 1 is 1.25 bits per heavy atom. The zero-order chi connectivity index (χ0) is 14.7. The summed E-state index contributed by atoms with van der Waals surface area (Å²) in [6.45, 7) is 1.83. The van der Waals surface area contributed by atoms with Gasteiger partial charge >= 0.3 is 0 Å². The Bertz CT molecular complexity index is 723. The second kappa shape index (κ2) is 5.59. The summed E-state index contributed by atoms with van der Waals surface area (Å²) in [6, 6.07) is 10.9. The van der Waals surface area contributed by atoms with E-state index in [0.29, 0.717) is 10.8 Å². The number of nitro groups is 1. The largest absolute Gasteiger partial charge is 0.457 e. The van der Waals surface area contributed by atoms with Crippen LogP contribution in [0.2, 0.25) is 5.02 Å². The number of ether oxygens (including phenoxy) is 1. The molecule has 2 aromatic carbocycles. The molecule has 0 unspecified atom stereocenters. The minimum absolute atomic E-state index is 0.00497. The van der Waals surface area contributed by atoms with E-state index in [0.717, 1.165) is 5.56 Å². The second-order valence-corrected chi connectivity index (χ2v) is 4.47. The number of benzene rings is 2. The lowest BCUT2D eigenvalue weighted by molar-refractivity contribution is -0.385. The van der Waals surface area contributed by atoms with Crippen LogP contribution >= 0.6 is 11.6 Å². The van der Waals surface area contributed by atoms with E-state index in [2.05, 4.69) is 0 Å². The van der Waals surface area contributed by atoms with Crippen LogP contribution in [-0.4, -0.2) is 4.92 Å². The van der Waals surface area contributed by atoms with Crippen molar-refractivity contribution in [2.45, 2.75) is 6.92 Å². The molecule has 0 saturated heterocycles. The number of nitriles is 1. The lowest BCUT2D eigenvalue weighted by atomic mass is 10.2. The quantitative estimate of drug-likeness (QED) is 0.626. The average molecular weight is 289 g/mol. The fourth-order valence-corrected chi connectivity index (χ4v) is 1.75. The third-order valence-electron chi connectivity index (χ3n) is 2.65. The van der Waals surface area contributed by atoms with Gasteiger partial charge in [-0.25, -0.2) is 0 Å². The van der Waals surface area contributed by atoms with Crippen LogP contribution in [0.3, 0.4) is 0 Å². The fraction of sp³-hybridized carbons (Fsp3) is 0.0714. The third kappa shape index (κ3) is 2.87. The molecule has 0 heterocycles. The van der Waals surface area contributed by atoms with Gasteiger partial charge in [0, 0.05) is 5.02 Å². The number of nitro benzene ring substituents is 1. The number of hydrogen-bond acceptors (Lipinski definition) is 4.